The number of para-hydroxylation sites is 2. The van der Waals surface area contributed by atoms with Crippen LogP contribution in [0.3, 0.4) is 0 Å². The fraction of sp³-hybridized carbons (Fsp3) is 0.167. The highest BCUT2D eigenvalue weighted by Gasteiger charge is 2.19. The monoisotopic (exact) mass is 403 g/mol. The van der Waals surface area contributed by atoms with Gasteiger partial charge in [-0.15, -0.1) is 0 Å². The lowest BCUT2D eigenvalue weighted by Crippen LogP contribution is -2.28. The molecule has 0 fully saturated rings. The Balaban J connectivity index is 1.63. The van der Waals surface area contributed by atoms with Crippen LogP contribution in [0.4, 0.5) is 4.39 Å². The number of nitrogens with one attached hydrogen (secondary N) is 1. The van der Waals surface area contributed by atoms with Gasteiger partial charge < -0.3 is 14.6 Å². The highest BCUT2D eigenvalue weighted by atomic mass is 19.1. The van der Waals surface area contributed by atoms with Crippen LogP contribution in [-0.2, 0) is 6.54 Å². The molecule has 5 nitrogen and oxygen atoms in total. The van der Waals surface area contributed by atoms with Crippen molar-refractivity contribution < 1.29 is 13.9 Å². The first-order chi connectivity index (χ1) is 14.5. The number of nitrogens with zero attached hydrogens (tertiary/aromatic N) is 2. The number of benzene rings is 3. The molecule has 1 amide bonds. The zero-order chi connectivity index (χ0) is 21.1. The molecule has 152 valence electrons. The van der Waals surface area contributed by atoms with Crippen molar-refractivity contribution >= 4 is 16.9 Å². The predicted octanol–water partition coefficient (Wildman–Crippen LogP) is 4.72. The van der Waals surface area contributed by atoms with E-state index in [1.807, 2.05) is 31.2 Å². The van der Waals surface area contributed by atoms with Gasteiger partial charge in [-0.1, -0.05) is 24.3 Å². The number of methoxy groups -OCH3 is 1. The zero-order valence-electron chi connectivity index (χ0n) is 16.8. The van der Waals surface area contributed by atoms with Gasteiger partial charge in [0.25, 0.3) is 5.91 Å². The third-order valence-corrected chi connectivity index (χ3v) is 5.03. The topological polar surface area (TPSA) is 56.1 Å². The Labute approximate surface area is 174 Å². The SMILES string of the molecule is COc1ccc(C(=O)NC(C)c2nc3ccccc3n2Cc2ccc(F)cc2)cc1. The lowest BCUT2D eigenvalue weighted by atomic mass is 10.2. The van der Waals surface area contributed by atoms with Gasteiger partial charge in [-0.3, -0.25) is 4.79 Å². The largest absolute Gasteiger partial charge is 0.497 e. The van der Waals surface area contributed by atoms with E-state index in [0.29, 0.717) is 17.9 Å². The van der Waals surface area contributed by atoms with Gasteiger partial charge in [0.2, 0.25) is 0 Å². The van der Waals surface area contributed by atoms with Crippen molar-refractivity contribution in [2.75, 3.05) is 7.11 Å². The average molecular weight is 403 g/mol. The Morgan fingerprint density at radius 1 is 1.07 bits per heavy atom. The molecule has 0 bridgehead atoms. The minimum Gasteiger partial charge on any atom is -0.497 e. The molecular formula is C24H22FN3O2. The number of halogens is 1. The summed E-state index contributed by atoms with van der Waals surface area (Å²) in [6, 6.07) is 20.9. The summed E-state index contributed by atoms with van der Waals surface area (Å²) in [7, 11) is 1.59. The Morgan fingerprint density at radius 2 is 1.77 bits per heavy atom. The van der Waals surface area contributed by atoms with Crippen molar-refractivity contribution in [3.05, 3.63) is 95.6 Å². The van der Waals surface area contributed by atoms with E-state index in [9.17, 15) is 9.18 Å². The zero-order valence-corrected chi connectivity index (χ0v) is 16.8. The number of amides is 1. The molecule has 30 heavy (non-hydrogen) atoms. The van der Waals surface area contributed by atoms with Gasteiger partial charge in [-0.05, 0) is 61.0 Å². The summed E-state index contributed by atoms with van der Waals surface area (Å²) in [5.41, 5.74) is 3.31. The van der Waals surface area contributed by atoms with Crippen LogP contribution in [0, 0.1) is 5.82 Å². The van der Waals surface area contributed by atoms with Crippen molar-refractivity contribution in [1.82, 2.24) is 14.9 Å². The highest BCUT2D eigenvalue weighted by molar-refractivity contribution is 5.94. The smallest absolute Gasteiger partial charge is 0.251 e. The summed E-state index contributed by atoms with van der Waals surface area (Å²) in [6.45, 7) is 2.43. The molecule has 4 rings (SSSR count). The molecule has 0 aliphatic carbocycles. The van der Waals surface area contributed by atoms with E-state index in [-0.39, 0.29) is 17.8 Å². The fourth-order valence-electron chi connectivity index (χ4n) is 3.45. The van der Waals surface area contributed by atoms with E-state index in [0.717, 1.165) is 22.4 Å². The molecule has 0 saturated heterocycles. The molecule has 1 heterocycles. The van der Waals surface area contributed by atoms with E-state index in [1.165, 1.54) is 12.1 Å². The summed E-state index contributed by atoms with van der Waals surface area (Å²) in [6.07, 6.45) is 0. The molecule has 1 N–H and O–H groups in total. The lowest BCUT2D eigenvalue weighted by Gasteiger charge is -2.17. The fourth-order valence-corrected chi connectivity index (χ4v) is 3.45. The summed E-state index contributed by atoms with van der Waals surface area (Å²) in [4.78, 5) is 17.5. The second kappa shape index (κ2) is 8.37. The predicted molar refractivity (Wildman–Crippen MR) is 114 cm³/mol. The summed E-state index contributed by atoms with van der Waals surface area (Å²) < 4.78 is 20.5. The molecular weight excluding hydrogens is 381 g/mol. The first kappa shape index (κ1) is 19.6. The van der Waals surface area contributed by atoms with E-state index in [4.69, 9.17) is 9.72 Å². The Bertz CT molecular complexity index is 1170. The molecule has 1 aromatic heterocycles. The number of rotatable bonds is 6. The number of fused-ring (bicyclic) bond motifs is 1. The summed E-state index contributed by atoms with van der Waals surface area (Å²) >= 11 is 0. The minimum atomic E-state index is -0.326. The van der Waals surface area contributed by atoms with Crippen LogP contribution < -0.4 is 10.1 Å². The molecule has 0 aliphatic heterocycles. The van der Waals surface area contributed by atoms with Crippen LogP contribution in [0.5, 0.6) is 5.75 Å². The Hall–Kier alpha value is -3.67. The number of ether oxygens (including phenoxy) is 1. The lowest BCUT2D eigenvalue weighted by molar-refractivity contribution is 0.0937. The second-order valence-electron chi connectivity index (χ2n) is 7.09. The van der Waals surface area contributed by atoms with Gasteiger partial charge in [-0.2, -0.15) is 0 Å². The number of carbonyl (C=O) groups excluding carboxylic acids is 1. The molecule has 0 saturated carbocycles. The van der Waals surface area contributed by atoms with Gasteiger partial charge in [0.15, 0.2) is 0 Å². The van der Waals surface area contributed by atoms with E-state index >= 15 is 0 Å². The molecule has 6 heteroatoms. The van der Waals surface area contributed by atoms with Crippen molar-refractivity contribution in [3.8, 4) is 5.75 Å². The molecule has 0 spiro atoms. The first-order valence-electron chi connectivity index (χ1n) is 9.69. The summed E-state index contributed by atoms with van der Waals surface area (Å²) in [5.74, 6) is 0.975. The third-order valence-electron chi connectivity index (χ3n) is 5.03. The molecule has 0 aliphatic rings. The molecule has 3 aromatic carbocycles. The van der Waals surface area contributed by atoms with Gasteiger partial charge in [0, 0.05) is 12.1 Å². The number of aromatic nitrogens is 2. The Morgan fingerprint density at radius 3 is 2.47 bits per heavy atom. The molecule has 1 atom stereocenters. The van der Waals surface area contributed by atoms with Crippen LogP contribution in [-0.4, -0.2) is 22.6 Å². The number of imidazole rings is 1. The Kier molecular flexibility index (Phi) is 5.48. The van der Waals surface area contributed by atoms with Gasteiger partial charge >= 0.3 is 0 Å². The number of carbonyl (C=O) groups is 1. The maximum Gasteiger partial charge on any atom is 0.251 e. The highest BCUT2D eigenvalue weighted by Crippen LogP contribution is 2.23. The van der Waals surface area contributed by atoms with Crippen molar-refractivity contribution in [2.24, 2.45) is 0 Å². The van der Waals surface area contributed by atoms with Crippen LogP contribution in [0.2, 0.25) is 0 Å². The van der Waals surface area contributed by atoms with E-state index in [2.05, 4.69) is 9.88 Å². The van der Waals surface area contributed by atoms with Gasteiger partial charge in [0.05, 0.1) is 24.2 Å². The molecule has 4 aromatic rings. The van der Waals surface area contributed by atoms with Crippen molar-refractivity contribution in [3.63, 3.8) is 0 Å². The number of hydrogen-bond acceptors (Lipinski definition) is 3. The van der Waals surface area contributed by atoms with Crippen molar-refractivity contribution in [1.29, 1.82) is 0 Å². The van der Waals surface area contributed by atoms with Crippen LogP contribution in [0.25, 0.3) is 11.0 Å². The molecule has 1 unspecified atom stereocenters. The van der Waals surface area contributed by atoms with Gasteiger partial charge in [0.1, 0.15) is 17.4 Å². The van der Waals surface area contributed by atoms with Crippen LogP contribution >= 0.6 is 0 Å². The average Bonchev–Trinajstić information content (AvgIpc) is 3.14. The van der Waals surface area contributed by atoms with E-state index < -0.39 is 0 Å². The number of hydrogen-bond donors (Lipinski definition) is 1. The normalized spacial score (nSPS) is 12.0. The maximum atomic E-state index is 13.3. The summed E-state index contributed by atoms with van der Waals surface area (Å²) in [5, 5.41) is 3.02. The minimum absolute atomic E-state index is 0.189. The standard InChI is InChI=1S/C24H22FN3O2/c1-16(26-24(29)18-9-13-20(30-2)14-10-18)23-27-21-5-3-4-6-22(21)28(23)15-17-7-11-19(25)12-8-17/h3-14,16H,15H2,1-2H3,(H,26,29). The first-order valence-corrected chi connectivity index (χ1v) is 9.69. The van der Waals surface area contributed by atoms with E-state index in [1.54, 1.807) is 43.5 Å². The molecule has 0 radical (unpaired) electrons. The van der Waals surface area contributed by atoms with Crippen LogP contribution in [0.15, 0.2) is 72.8 Å². The maximum absolute atomic E-state index is 13.3. The van der Waals surface area contributed by atoms with Crippen molar-refractivity contribution in [2.45, 2.75) is 19.5 Å². The van der Waals surface area contributed by atoms with Gasteiger partial charge in [-0.25, -0.2) is 9.37 Å². The third kappa shape index (κ3) is 4.03. The quantitative estimate of drug-likeness (QED) is 0.507. The second-order valence-corrected chi connectivity index (χ2v) is 7.09. The van der Waals surface area contributed by atoms with Crippen LogP contribution in [0.1, 0.15) is 34.7 Å².